The van der Waals surface area contributed by atoms with Gasteiger partial charge in [0, 0.05) is 25.7 Å². The van der Waals surface area contributed by atoms with Gasteiger partial charge >= 0.3 is 39.5 Å². The van der Waals surface area contributed by atoms with Crippen molar-refractivity contribution < 1.29 is 80.2 Å². The van der Waals surface area contributed by atoms with Gasteiger partial charge in [-0.05, 0) is 37.5 Å². The van der Waals surface area contributed by atoms with Crippen LogP contribution in [0.5, 0.6) is 0 Å². The first-order valence-corrected chi connectivity index (χ1v) is 46.5. The van der Waals surface area contributed by atoms with Crippen molar-refractivity contribution >= 4 is 39.5 Å². The van der Waals surface area contributed by atoms with Crippen LogP contribution in [0.4, 0.5) is 0 Å². The van der Waals surface area contributed by atoms with E-state index in [1.165, 1.54) is 263 Å². The molecule has 0 heterocycles. The zero-order valence-corrected chi connectivity index (χ0v) is 69.4. The second-order valence-corrected chi connectivity index (χ2v) is 34.1. The number of hydrogen-bond donors (Lipinski definition) is 3. The first-order valence-electron chi connectivity index (χ1n) is 43.5. The minimum Gasteiger partial charge on any atom is -0.462 e. The first-order chi connectivity index (χ1) is 49.9. The second-order valence-electron chi connectivity index (χ2n) is 31.2. The van der Waals surface area contributed by atoms with Crippen molar-refractivity contribution in [3.8, 4) is 0 Å². The summed E-state index contributed by atoms with van der Waals surface area (Å²) in [5.74, 6) is -0.526. The molecule has 0 aromatic carbocycles. The van der Waals surface area contributed by atoms with Crippen LogP contribution in [-0.2, 0) is 65.4 Å². The highest BCUT2D eigenvalue weighted by Crippen LogP contribution is 2.45. The number of rotatable bonds is 83. The summed E-state index contributed by atoms with van der Waals surface area (Å²) >= 11 is 0. The van der Waals surface area contributed by atoms with Gasteiger partial charge in [0.1, 0.15) is 19.3 Å². The minimum absolute atomic E-state index is 0.107. The smallest absolute Gasteiger partial charge is 0.462 e. The number of esters is 4. The van der Waals surface area contributed by atoms with Crippen molar-refractivity contribution in [2.24, 2.45) is 11.8 Å². The summed E-state index contributed by atoms with van der Waals surface area (Å²) in [6.45, 7) is 9.69. The highest BCUT2D eigenvalue weighted by molar-refractivity contribution is 7.47. The Hall–Kier alpha value is -1.94. The van der Waals surface area contributed by atoms with Crippen molar-refractivity contribution in [3.05, 3.63) is 0 Å². The maximum Gasteiger partial charge on any atom is 0.472 e. The zero-order chi connectivity index (χ0) is 75.6. The Kier molecular flexibility index (Phi) is 74.1. The molecule has 17 nitrogen and oxygen atoms in total. The molecular formula is C84H164O17P2. The molecule has 0 aliphatic rings. The molecule has 0 saturated carbocycles. The number of unbranched alkanes of at least 4 members (excludes halogenated alkanes) is 53. The van der Waals surface area contributed by atoms with Gasteiger partial charge < -0.3 is 33.8 Å². The topological polar surface area (TPSA) is 237 Å². The van der Waals surface area contributed by atoms with Crippen molar-refractivity contribution in [2.45, 2.75) is 464 Å². The predicted octanol–water partition coefficient (Wildman–Crippen LogP) is 25.5. The van der Waals surface area contributed by atoms with E-state index in [0.29, 0.717) is 25.7 Å². The SMILES string of the molecule is CCCCCCCCCCCCCCCCCCCCCC(=O)O[C@H](COC(=O)CCCCCCCCCCCCCCCCC(C)C)COP(=O)(O)OC[C@@H](O)COP(=O)(O)OC[C@@H](COC(=O)CCCCCCCCCCCCCC)OC(=O)CCCCCCCCCCCCCCC(C)C. The van der Waals surface area contributed by atoms with Crippen LogP contribution in [0.3, 0.4) is 0 Å². The molecule has 612 valence electrons. The first kappa shape index (κ1) is 101. The highest BCUT2D eigenvalue weighted by Gasteiger charge is 2.30. The molecule has 5 atom stereocenters. The number of carbonyl (C=O) groups excluding carboxylic acids is 4. The molecule has 19 heteroatoms. The molecule has 0 aromatic rings. The Labute approximate surface area is 632 Å². The Bertz CT molecular complexity index is 1980. The molecule has 0 amide bonds. The van der Waals surface area contributed by atoms with Crippen LogP contribution in [0.2, 0.25) is 0 Å². The fourth-order valence-electron chi connectivity index (χ4n) is 13.1. The third-order valence-electron chi connectivity index (χ3n) is 19.7. The molecule has 0 bridgehead atoms. The fourth-order valence-corrected chi connectivity index (χ4v) is 14.6. The van der Waals surface area contributed by atoms with Gasteiger partial charge in [0.2, 0.25) is 0 Å². The number of aliphatic hydroxyl groups is 1. The number of phosphoric acid groups is 2. The number of carbonyl (C=O) groups is 4. The van der Waals surface area contributed by atoms with E-state index in [1.807, 2.05) is 0 Å². The highest BCUT2D eigenvalue weighted by atomic mass is 31.2. The van der Waals surface area contributed by atoms with Gasteiger partial charge in [-0.15, -0.1) is 0 Å². The van der Waals surface area contributed by atoms with Gasteiger partial charge in [-0.1, -0.05) is 395 Å². The third kappa shape index (κ3) is 78.0. The van der Waals surface area contributed by atoms with E-state index >= 15 is 0 Å². The molecule has 0 aliphatic carbocycles. The normalized spacial score (nSPS) is 13.9. The number of hydrogen-bond acceptors (Lipinski definition) is 15. The maximum absolute atomic E-state index is 13.1. The lowest BCUT2D eigenvalue weighted by Gasteiger charge is -2.21. The van der Waals surface area contributed by atoms with Crippen LogP contribution in [0.25, 0.3) is 0 Å². The quantitative estimate of drug-likeness (QED) is 0.0222. The van der Waals surface area contributed by atoms with Crippen molar-refractivity contribution in [3.63, 3.8) is 0 Å². The predicted molar refractivity (Wildman–Crippen MR) is 423 cm³/mol. The van der Waals surface area contributed by atoms with Crippen LogP contribution in [0, 0.1) is 11.8 Å². The van der Waals surface area contributed by atoms with Crippen LogP contribution in [0.15, 0.2) is 0 Å². The Morgan fingerprint density at radius 1 is 0.262 bits per heavy atom. The standard InChI is InChI=1S/C84H164O17P2/c1-7-9-11-13-15-17-19-21-22-23-24-25-26-31-38-44-50-56-62-68-83(88)100-80(73-95-82(87)67-61-55-49-43-37-30-28-27-29-34-40-46-52-58-64-76(3)4)75-99-103(92,93)97-71-78(85)70-96-102(90,91)98-74-79(72-94-81(86)66-60-54-48-42-36-20-18-16-14-12-10-8-2)101-84(89)69-63-57-51-45-39-33-32-35-41-47-53-59-65-77(5)6/h76-80,85H,7-75H2,1-6H3,(H,90,91)(H,92,93)/t78-,79+,80+/m0/s1. The van der Waals surface area contributed by atoms with E-state index in [-0.39, 0.29) is 25.7 Å². The van der Waals surface area contributed by atoms with Gasteiger partial charge in [-0.2, -0.15) is 0 Å². The summed E-state index contributed by atoms with van der Waals surface area (Å²) in [7, 11) is -9.93. The lowest BCUT2D eigenvalue weighted by atomic mass is 10.0. The van der Waals surface area contributed by atoms with Gasteiger partial charge in [-0.3, -0.25) is 37.3 Å². The van der Waals surface area contributed by atoms with E-state index in [4.69, 9.17) is 37.0 Å². The molecule has 2 unspecified atom stereocenters. The Morgan fingerprint density at radius 2 is 0.447 bits per heavy atom. The minimum atomic E-state index is -4.96. The Balaban J connectivity index is 5.26. The van der Waals surface area contributed by atoms with E-state index in [1.54, 1.807) is 0 Å². The number of phosphoric ester groups is 2. The second kappa shape index (κ2) is 75.5. The van der Waals surface area contributed by atoms with Gasteiger partial charge in [0.05, 0.1) is 26.4 Å². The summed E-state index contributed by atoms with van der Waals surface area (Å²) in [5, 5.41) is 10.7. The summed E-state index contributed by atoms with van der Waals surface area (Å²) in [4.78, 5) is 73.2. The van der Waals surface area contributed by atoms with Crippen molar-refractivity contribution in [1.82, 2.24) is 0 Å². The summed E-state index contributed by atoms with van der Waals surface area (Å²) in [6.07, 6.45) is 66.5. The van der Waals surface area contributed by atoms with Gasteiger partial charge in [0.15, 0.2) is 12.2 Å². The molecule has 0 saturated heterocycles. The Morgan fingerprint density at radius 3 is 0.660 bits per heavy atom. The molecule has 0 rings (SSSR count). The van der Waals surface area contributed by atoms with E-state index < -0.39 is 97.5 Å². The van der Waals surface area contributed by atoms with Gasteiger partial charge in [-0.25, -0.2) is 9.13 Å². The van der Waals surface area contributed by atoms with Gasteiger partial charge in [0.25, 0.3) is 0 Å². The maximum atomic E-state index is 13.1. The average molecular weight is 1510 g/mol. The van der Waals surface area contributed by atoms with E-state index in [0.717, 1.165) is 102 Å². The summed E-state index contributed by atoms with van der Waals surface area (Å²) < 4.78 is 68.9. The molecule has 0 aromatic heterocycles. The van der Waals surface area contributed by atoms with Crippen molar-refractivity contribution in [1.29, 1.82) is 0 Å². The molecular weight excluding hydrogens is 1340 g/mol. The largest absolute Gasteiger partial charge is 0.472 e. The molecule has 0 spiro atoms. The molecule has 0 fully saturated rings. The van der Waals surface area contributed by atoms with Crippen LogP contribution in [0.1, 0.15) is 446 Å². The monoisotopic (exact) mass is 1510 g/mol. The fraction of sp³-hybridized carbons (Fsp3) is 0.952. The molecule has 0 aliphatic heterocycles. The lowest BCUT2D eigenvalue weighted by Crippen LogP contribution is -2.30. The molecule has 3 N–H and O–H groups in total. The van der Waals surface area contributed by atoms with Crippen LogP contribution in [-0.4, -0.2) is 96.7 Å². The van der Waals surface area contributed by atoms with Crippen molar-refractivity contribution in [2.75, 3.05) is 39.6 Å². The molecule has 0 radical (unpaired) electrons. The zero-order valence-electron chi connectivity index (χ0n) is 67.6. The van der Waals surface area contributed by atoms with E-state index in [9.17, 15) is 43.2 Å². The van der Waals surface area contributed by atoms with Crippen LogP contribution < -0.4 is 0 Å². The lowest BCUT2D eigenvalue weighted by molar-refractivity contribution is -0.161. The summed E-state index contributed by atoms with van der Waals surface area (Å²) in [6, 6.07) is 0. The van der Waals surface area contributed by atoms with E-state index in [2.05, 4.69) is 41.5 Å². The third-order valence-corrected chi connectivity index (χ3v) is 21.6. The van der Waals surface area contributed by atoms with Crippen LogP contribution >= 0.6 is 15.6 Å². The molecule has 103 heavy (non-hydrogen) atoms. The number of ether oxygens (including phenoxy) is 4. The summed E-state index contributed by atoms with van der Waals surface area (Å²) in [5.41, 5.74) is 0. The average Bonchev–Trinajstić information content (AvgIpc) is 0.971. The number of aliphatic hydroxyl groups excluding tert-OH is 1.